The summed E-state index contributed by atoms with van der Waals surface area (Å²) in [5, 5.41) is 13.5. The van der Waals surface area contributed by atoms with Crippen LogP contribution >= 0.6 is 0 Å². The minimum absolute atomic E-state index is 0.620. The SMILES string of the molecule is CCOc1ccc2ccnc(/C=N/O)c2c1. The van der Waals surface area contributed by atoms with Crippen LogP contribution in [0.25, 0.3) is 10.8 Å². The normalized spacial score (nSPS) is 11.1. The van der Waals surface area contributed by atoms with Crippen LogP contribution in [0, 0.1) is 0 Å². The van der Waals surface area contributed by atoms with Gasteiger partial charge in [0.25, 0.3) is 0 Å². The van der Waals surface area contributed by atoms with Gasteiger partial charge >= 0.3 is 0 Å². The Balaban J connectivity index is 2.59. The van der Waals surface area contributed by atoms with Crippen molar-refractivity contribution in [3.63, 3.8) is 0 Å². The zero-order valence-electron chi connectivity index (χ0n) is 8.92. The lowest BCUT2D eigenvalue weighted by Crippen LogP contribution is -1.93. The molecule has 1 N–H and O–H groups in total. The molecule has 0 aliphatic rings. The average Bonchev–Trinajstić information content (AvgIpc) is 2.31. The summed E-state index contributed by atoms with van der Waals surface area (Å²) in [6, 6.07) is 7.66. The minimum Gasteiger partial charge on any atom is -0.494 e. The van der Waals surface area contributed by atoms with Crippen LogP contribution in [0.3, 0.4) is 0 Å². The molecule has 2 rings (SSSR count). The second-order valence-corrected chi connectivity index (χ2v) is 3.26. The Bertz CT molecular complexity index is 523. The average molecular weight is 216 g/mol. The third-order valence-corrected chi connectivity index (χ3v) is 2.26. The standard InChI is InChI=1S/C12H12N2O2/c1-2-16-10-4-3-9-5-6-13-12(8-14-15)11(9)7-10/h3-8,15H,2H2,1H3/b14-8+. The first-order valence-corrected chi connectivity index (χ1v) is 5.04. The van der Waals surface area contributed by atoms with E-state index in [1.54, 1.807) is 6.20 Å². The fourth-order valence-corrected chi connectivity index (χ4v) is 1.58. The molecule has 2 aromatic rings. The lowest BCUT2D eigenvalue weighted by molar-refractivity contribution is 0.321. The van der Waals surface area contributed by atoms with Gasteiger partial charge in [-0.1, -0.05) is 11.2 Å². The molecule has 0 saturated heterocycles. The molecule has 0 saturated carbocycles. The van der Waals surface area contributed by atoms with E-state index in [9.17, 15) is 0 Å². The van der Waals surface area contributed by atoms with E-state index in [-0.39, 0.29) is 0 Å². The van der Waals surface area contributed by atoms with E-state index >= 15 is 0 Å². The summed E-state index contributed by atoms with van der Waals surface area (Å²) in [4.78, 5) is 4.13. The molecule has 1 heterocycles. The van der Waals surface area contributed by atoms with Crippen molar-refractivity contribution in [2.75, 3.05) is 6.61 Å². The zero-order valence-corrected chi connectivity index (χ0v) is 8.92. The van der Waals surface area contributed by atoms with E-state index < -0.39 is 0 Å². The Kier molecular flexibility index (Phi) is 3.00. The zero-order chi connectivity index (χ0) is 11.4. The number of hydrogen-bond donors (Lipinski definition) is 1. The Labute approximate surface area is 93.2 Å². The van der Waals surface area contributed by atoms with Crippen molar-refractivity contribution in [3.05, 3.63) is 36.2 Å². The fourth-order valence-electron chi connectivity index (χ4n) is 1.58. The van der Waals surface area contributed by atoms with Gasteiger partial charge in [0, 0.05) is 11.6 Å². The lowest BCUT2D eigenvalue weighted by atomic mass is 10.1. The first kappa shape index (κ1) is 10.4. The quantitative estimate of drug-likeness (QED) is 0.487. The molecule has 0 atom stereocenters. The van der Waals surface area contributed by atoms with Crippen LogP contribution in [0.1, 0.15) is 12.6 Å². The van der Waals surface area contributed by atoms with Crippen molar-refractivity contribution in [2.24, 2.45) is 5.16 Å². The number of benzene rings is 1. The molecule has 0 radical (unpaired) electrons. The predicted octanol–water partition coefficient (Wildman–Crippen LogP) is 2.44. The molecule has 0 aliphatic carbocycles. The van der Waals surface area contributed by atoms with Crippen molar-refractivity contribution in [2.45, 2.75) is 6.92 Å². The maximum atomic E-state index is 8.55. The largest absolute Gasteiger partial charge is 0.494 e. The Hall–Kier alpha value is -2.10. The molecule has 82 valence electrons. The van der Waals surface area contributed by atoms with Crippen molar-refractivity contribution in [1.82, 2.24) is 4.98 Å². The van der Waals surface area contributed by atoms with Crippen LogP contribution in [0.5, 0.6) is 5.75 Å². The molecule has 0 spiro atoms. The van der Waals surface area contributed by atoms with Crippen LogP contribution in [-0.4, -0.2) is 23.0 Å². The molecule has 0 unspecified atom stereocenters. The van der Waals surface area contributed by atoms with Gasteiger partial charge in [0.15, 0.2) is 0 Å². The van der Waals surface area contributed by atoms with Crippen molar-refractivity contribution in [1.29, 1.82) is 0 Å². The van der Waals surface area contributed by atoms with Gasteiger partial charge in [-0.2, -0.15) is 0 Å². The fraction of sp³-hybridized carbons (Fsp3) is 0.167. The van der Waals surface area contributed by atoms with Gasteiger partial charge in [0.1, 0.15) is 5.75 Å². The van der Waals surface area contributed by atoms with E-state index in [2.05, 4.69) is 10.1 Å². The molecule has 1 aromatic carbocycles. The van der Waals surface area contributed by atoms with Crippen LogP contribution < -0.4 is 4.74 Å². The first-order chi connectivity index (χ1) is 7.85. The number of aromatic nitrogens is 1. The number of ether oxygens (including phenoxy) is 1. The Morgan fingerprint density at radius 3 is 3.06 bits per heavy atom. The van der Waals surface area contributed by atoms with Crippen molar-refractivity contribution < 1.29 is 9.94 Å². The topological polar surface area (TPSA) is 54.7 Å². The second-order valence-electron chi connectivity index (χ2n) is 3.26. The summed E-state index contributed by atoms with van der Waals surface area (Å²) >= 11 is 0. The number of pyridine rings is 1. The van der Waals surface area contributed by atoms with Gasteiger partial charge in [-0.3, -0.25) is 4.98 Å². The molecular weight excluding hydrogens is 204 g/mol. The Morgan fingerprint density at radius 1 is 1.44 bits per heavy atom. The molecule has 16 heavy (non-hydrogen) atoms. The lowest BCUT2D eigenvalue weighted by Gasteiger charge is -2.05. The van der Waals surface area contributed by atoms with Gasteiger partial charge < -0.3 is 9.94 Å². The van der Waals surface area contributed by atoms with E-state index in [0.717, 1.165) is 16.5 Å². The summed E-state index contributed by atoms with van der Waals surface area (Å²) in [5.41, 5.74) is 0.626. The van der Waals surface area contributed by atoms with E-state index in [1.807, 2.05) is 31.2 Å². The van der Waals surface area contributed by atoms with Gasteiger partial charge in [-0.05, 0) is 30.5 Å². The van der Waals surface area contributed by atoms with Gasteiger partial charge in [-0.15, -0.1) is 0 Å². The summed E-state index contributed by atoms with van der Waals surface area (Å²) in [5.74, 6) is 0.788. The van der Waals surface area contributed by atoms with Crippen molar-refractivity contribution >= 4 is 17.0 Å². The summed E-state index contributed by atoms with van der Waals surface area (Å²) < 4.78 is 5.41. The molecule has 0 aliphatic heterocycles. The number of oxime groups is 1. The van der Waals surface area contributed by atoms with Crippen LogP contribution in [-0.2, 0) is 0 Å². The molecule has 0 amide bonds. The highest BCUT2D eigenvalue weighted by atomic mass is 16.5. The minimum atomic E-state index is 0.620. The molecule has 4 nitrogen and oxygen atoms in total. The summed E-state index contributed by atoms with van der Waals surface area (Å²) in [7, 11) is 0. The summed E-state index contributed by atoms with van der Waals surface area (Å²) in [6.07, 6.45) is 3.00. The summed E-state index contributed by atoms with van der Waals surface area (Å²) in [6.45, 7) is 2.55. The van der Waals surface area contributed by atoms with Gasteiger partial charge in [0.2, 0.25) is 0 Å². The highest BCUT2D eigenvalue weighted by Crippen LogP contribution is 2.22. The third kappa shape index (κ3) is 1.95. The number of hydrogen-bond acceptors (Lipinski definition) is 4. The molecule has 4 heteroatoms. The highest BCUT2D eigenvalue weighted by molar-refractivity contribution is 5.98. The molecule has 1 aromatic heterocycles. The van der Waals surface area contributed by atoms with Gasteiger partial charge in [0.05, 0.1) is 18.5 Å². The molecular formula is C12H12N2O2. The third-order valence-electron chi connectivity index (χ3n) is 2.26. The van der Waals surface area contributed by atoms with Gasteiger partial charge in [-0.25, -0.2) is 0 Å². The van der Waals surface area contributed by atoms with E-state index in [1.165, 1.54) is 6.21 Å². The maximum absolute atomic E-state index is 8.55. The van der Waals surface area contributed by atoms with Crippen molar-refractivity contribution in [3.8, 4) is 5.75 Å². The van der Waals surface area contributed by atoms with Crippen LogP contribution in [0.15, 0.2) is 35.6 Å². The van der Waals surface area contributed by atoms with Crippen LogP contribution in [0.4, 0.5) is 0 Å². The maximum Gasteiger partial charge on any atom is 0.119 e. The second kappa shape index (κ2) is 4.61. The first-order valence-electron chi connectivity index (χ1n) is 5.04. The van der Waals surface area contributed by atoms with E-state index in [4.69, 9.17) is 9.94 Å². The molecule has 0 bridgehead atoms. The highest BCUT2D eigenvalue weighted by Gasteiger charge is 2.02. The number of nitrogens with zero attached hydrogens (tertiary/aromatic N) is 2. The number of rotatable bonds is 3. The van der Waals surface area contributed by atoms with Crippen LogP contribution in [0.2, 0.25) is 0 Å². The monoisotopic (exact) mass is 216 g/mol. The molecule has 0 fully saturated rings. The predicted molar refractivity (Wildman–Crippen MR) is 62.3 cm³/mol. The van der Waals surface area contributed by atoms with E-state index in [0.29, 0.717) is 12.3 Å². The Morgan fingerprint density at radius 2 is 2.31 bits per heavy atom. The smallest absolute Gasteiger partial charge is 0.119 e. The number of fused-ring (bicyclic) bond motifs is 1.